The first kappa shape index (κ1) is 23.0. The van der Waals surface area contributed by atoms with Crippen LogP contribution in [-0.2, 0) is 16.0 Å². The molecule has 1 amide bonds. The van der Waals surface area contributed by atoms with Crippen molar-refractivity contribution < 1.29 is 23.8 Å². The number of anilines is 1. The third-order valence-electron chi connectivity index (χ3n) is 5.10. The molecule has 1 aliphatic heterocycles. The molecule has 0 aliphatic carbocycles. The number of aromatic nitrogens is 2. The molecule has 4 rings (SSSR count). The van der Waals surface area contributed by atoms with E-state index in [2.05, 4.69) is 30.9 Å². The number of pyridine rings is 1. The molecule has 1 aromatic carbocycles. The van der Waals surface area contributed by atoms with Gasteiger partial charge in [-0.25, -0.2) is 9.78 Å². The number of nitrogens with one attached hydrogen (secondary N) is 3. The SMILES string of the molecule is O=C(CCCOc1ccc(CC(Nc2nc3ncccc3o2)C(=O)O)cc1)NC1=NCCCN1. The summed E-state index contributed by atoms with van der Waals surface area (Å²) < 4.78 is 11.2. The zero-order valence-electron chi connectivity index (χ0n) is 18.5. The van der Waals surface area contributed by atoms with Crippen LogP contribution in [0.2, 0.25) is 0 Å². The lowest BCUT2D eigenvalue weighted by atomic mass is 10.1. The molecule has 1 unspecified atom stereocenters. The molecular formula is C23H26N6O5. The standard InChI is InChI=1S/C23H26N6O5/c30-19(28-22-25-11-3-12-26-22)5-2-13-33-16-8-6-15(7-9-16)14-17(21(31)32)27-23-29-20-18(34-23)4-1-10-24-20/h1,4,6-10,17H,2-3,5,11-14H2,(H,31,32)(H,24,27,29)(H2,25,26,28,30). The van der Waals surface area contributed by atoms with Crippen LogP contribution >= 0.6 is 0 Å². The van der Waals surface area contributed by atoms with Gasteiger partial charge in [0, 0.05) is 32.1 Å². The number of rotatable bonds is 10. The lowest BCUT2D eigenvalue weighted by Crippen LogP contribution is -2.43. The van der Waals surface area contributed by atoms with E-state index in [0.29, 0.717) is 42.4 Å². The number of hydrogen-bond acceptors (Lipinski definition) is 9. The van der Waals surface area contributed by atoms with Gasteiger partial charge in [0.05, 0.1) is 6.61 Å². The molecule has 0 spiro atoms. The number of oxazole rings is 1. The number of amides is 1. The summed E-state index contributed by atoms with van der Waals surface area (Å²) >= 11 is 0. The lowest BCUT2D eigenvalue weighted by molar-refractivity contribution is -0.138. The number of nitrogens with zero attached hydrogens (tertiary/aromatic N) is 3. The molecule has 4 N–H and O–H groups in total. The van der Waals surface area contributed by atoms with E-state index in [1.807, 2.05) is 0 Å². The molecular weight excluding hydrogens is 440 g/mol. The van der Waals surface area contributed by atoms with Gasteiger partial charge in [-0.2, -0.15) is 4.98 Å². The molecule has 11 heteroatoms. The number of hydrogen-bond donors (Lipinski definition) is 4. The number of aliphatic imine (C=N–C) groups is 1. The highest BCUT2D eigenvalue weighted by molar-refractivity contribution is 5.97. The van der Waals surface area contributed by atoms with E-state index in [9.17, 15) is 14.7 Å². The third-order valence-corrected chi connectivity index (χ3v) is 5.10. The summed E-state index contributed by atoms with van der Waals surface area (Å²) in [6.45, 7) is 1.92. The van der Waals surface area contributed by atoms with Gasteiger partial charge in [-0.15, -0.1) is 0 Å². The summed E-state index contributed by atoms with van der Waals surface area (Å²) in [6, 6.07) is 9.77. The first-order valence-electron chi connectivity index (χ1n) is 11.1. The fourth-order valence-corrected chi connectivity index (χ4v) is 3.37. The molecule has 1 atom stereocenters. The van der Waals surface area contributed by atoms with E-state index in [1.165, 1.54) is 0 Å². The lowest BCUT2D eigenvalue weighted by Gasteiger charge is -2.15. The monoisotopic (exact) mass is 466 g/mol. The highest BCUT2D eigenvalue weighted by Crippen LogP contribution is 2.19. The van der Waals surface area contributed by atoms with Gasteiger partial charge in [0.1, 0.15) is 11.8 Å². The van der Waals surface area contributed by atoms with Gasteiger partial charge >= 0.3 is 5.97 Å². The van der Waals surface area contributed by atoms with Crippen molar-refractivity contribution in [3.63, 3.8) is 0 Å². The Hall–Kier alpha value is -4.15. The van der Waals surface area contributed by atoms with Gasteiger partial charge in [0.25, 0.3) is 6.01 Å². The molecule has 0 bridgehead atoms. The molecule has 178 valence electrons. The summed E-state index contributed by atoms with van der Waals surface area (Å²) in [5.41, 5.74) is 1.70. The van der Waals surface area contributed by atoms with E-state index in [1.54, 1.807) is 42.6 Å². The molecule has 34 heavy (non-hydrogen) atoms. The normalized spacial score (nSPS) is 14.1. The van der Waals surface area contributed by atoms with Crippen LogP contribution in [0.4, 0.5) is 6.01 Å². The third kappa shape index (κ3) is 6.44. The van der Waals surface area contributed by atoms with Crippen LogP contribution in [-0.4, -0.2) is 58.6 Å². The summed E-state index contributed by atoms with van der Waals surface area (Å²) in [5, 5.41) is 18.2. The zero-order chi connectivity index (χ0) is 23.8. The second-order valence-electron chi connectivity index (χ2n) is 7.74. The van der Waals surface area contributed by atoms with Crippen molar-refractivity contribution in [2.45, 2.75) is 31.7 Å². The number of carboxylic acid groups (broad SMARTS) is 1. The minimum Gasteiger partial charge on any atom is -0.494 e. The van der Waals surface area contributed by atoms with E-state index in [-0.39, 0.29) is 18.3 Å². The first-order valence-corrected chi connectivity index (χ1v) is 11.1. The number of guanidine groups is 1. The summed E-state index contributed by atoms with van der Waals surface area (Å²) in [7, 11) is 0. The Bertz CT molecular complexity index is 1130. The van der Waals surface area contributed by atoms with Crippen LogP contribution in [0.25, 0.3) is 11.2 Å². The van der Waals surface area contributed by atoms with Crippen molar-refractivity contribution >= 4 is 35.1 Å². The molecule has 0 saturated heterocycles. The highest BCUT2D eigenvalue weighted by atomic mass is 16.5. The van der Waals surface area contributed by atoms with Gasteiger partial charge in [0.2, 0.25) is 11.6 Å². The predicted molar refractivity (Wildman–Crippen MR) is 125 cm³/mol. The maximum absolute atomic E-state index is 12.0. The molecule has 1 aliphatic rings. The number of ether oxygens (including phenoxy) is 1. The van der Waals surface area contributed by atoms with Crippen molar-refractivity contribution in [2.24, 2.45) is 4.99 Å². The van der Waals surface area contributed by atoms with E-state index in [0.717, 1.165) is 25.1 Å². The molecule has 0 saturated carbocycles. The maximum atomic E-state index is 12.0. The Morgan fingerprint density at radius 3 is 2.82 bits per heavy atom. The Labute approximate surface area is 195 Å². The summed E-state index contributed by atoms with van der Waals surface area (Å²) in [5.74, 6) is 0.0549. The largest absolute Gasteiger partial charge is 0.494 e. The molecule has 0 radical (unpaired) electrons. The Balaban J connectivity index is 1.23. The van der Waals surface area contributed by atoms with E-state index < -0.39 is 12.0 Å². The molecule has 0 fully saturated rings. The number of benzene rings is 1. The van der Waals surface area contributed by atoms with E-state index in [4.69, 9.17) is 9.15 Å². The number of carboxylic acids is 1. The summed E-state index contributed by atoms with van der Waals surface area (Å²) in [4.78, 5) is 36.1. The van der Waals surface area contributed by atoms with Crippen LogP contribution in [0.5, 0.6) is 5.75 Å². The van der Waals surface area contributed by atoms with Crippen molar-refractivity contribution in [2.75, 3.05) is 25.0 Å². The fraction of sp³-hybridized carbons (Fsp3) is 0.348. The molecule has 11 nitrogen and oxygen atoms in total. The van der Waals surface area contributed by atoms with Gasteiger partial charge in [-0.1, -0.05) is 12.1 Å². The second kappa shape index (κ2) is 11.1. The Morgan fingerprint density at radius 1 is 1.24 bits per heavy atom. The minimum absolute atomic E-state index is 0.103. The molecule has 3 heterocycles. The van der Waals surface area contributed by atoms with Gasteiger partial charge in [-0.3, -0.25) is 15.1 Å². The topological polar surface area (TPSA) is 151 Å². The number of carbonyl (C=O) groups is 2. The van der Waals surface area contributed by atoms with Crippen LogP contribution in [0.1, 0.15) is 24.8 Å². The number of fused-ring (bicyclic) bond motifs is 1. The number of aliphatic carboxylic acids is 1. The predicted octanol–water partition coefficient (Wildman–Crippen LogP) is 1.96. The summed E-state index contributed by atoms with van der Waals surface area (Å²) in [6.07, 6.45) is 3.67. The molecule has 2 aromatic heterocycles. The van der Waals surface area contributed by atoms with Gasteiger partial charge in [-0.05, 0) is 42.7 Å². The van der Waals surface area contributed by atoms with Crippen molar-refractivity contribution in [1.29, 1.82) is 0 Å². The first-order chi connectivity index (χ1) is 16.6. The molecule has 3 aromatic rings. The minimum atomic E-state index is -1.02. The van der Waals surface area contributed by atoms with Gasteiger partial charge in [0.15, 0.2) is 11.5 Å². The fourth-order valence-electron chi connectivity index (χ4n) is 3.37. The average Bonchev–Trinajstić information content (AvgIpc) is 3.25. The van der Waals surface area contributed by atoms with E-state index >= 15 is 0 Å². The van der Waals surface area contributed by atoms with Crippen LogP contribution in [0.15, 0.2) is 52.0 Å². The van der Waals surface area contributed by atoms with Crippen LogP contribution in [0, 0.1) is 0 Å². The van der Waals surface area contributed by atoms with Crippen molar-refractivity contribution in [3.05, 3.63) is 48.2 Å². The smallest absolute Gasteiger partial charge is 0.326 e. The second-order valence-corrected chi connectivity index (χ2v) is 7.74. The van der Waals surface area contributed by atoms with Crippen molar-refractivity contribution in [1.82, 2.24) is 20.6 Å². The van der Waals surface area contributed by atoms with Crippen LogP contribution < -0.4 is 20.7 Å². The quantitative estimate of drug-likeness (QED) is 0.329. The van der Waals surface area contributed by atoms with Crippen molar-refractivity contribution in [3.8, 4) is 5.75 Å². The number of carbonyl (C=O) groups excluding carboxylic acids is 1. The van der Waals surface area contributed by atoms with Gasteiger partial charge < -0.3 is 24.9 Å². The maximum Gasteiger partial charge on any atom is 0.326 e. The van der Waals surface area contributed by atoms with Crippen LogP contribution in [0.3, 0.4) is 0 Å². The Kier molecular flexibility index (Phi) is 7.53. The Morgan fingerprint density at radius 2 is 2.09 bits per heavy atom. The zero-order valence-corrected chi connectivity index (χ0v) is 18.5. The highest BCUT2D eigenvalue weighted by Gasteiger charge is 2.20. The average molecular weight is 466 g/mol.